The van der Waals surface area contributed by atoms with E-state index in [1.165, 1.54) is 4.88 Å². The summed E-state index contributed by atoms with van der Waals surface area (Å²) in [6, 6.07) is 4.32. The molecule has 1 aromatic rings. The van der Waals surface area contributed by atoms with Crippen LogP contribution in [0.4, 0.5) is 4.79 Å². The summed E-state index contributed by atoms with van der Waals surface area (Å²) in [5.41, 5.74) is 0. The Balaban J connectivity index is 1.55. The zero-order valence-electron chi connectivity index (χ0n) is 14.3. The molecule has 5 nitrogen and oxygen atoms in total. The molecule has 1 fully saturated rings. The Morgan fingerprint density at radius 3 is 2.78 bits per heavy atom. The molecule has 0 unspecified atom stereocenters. The number of hydrogen-bond donors (Lipinski definition) is 1. The predicted octanol–water partition coefficient (Wildman–Crippen LogP) is 2.64. The lowest BCUT2D eigenvalue weighted by molar-refractivity contribution is 0.106. The second-order valence-corrected chi connectivity index (χ2v) is 7.43. The first-order chi connectivity index (χ1) is 11.1. The van der Waals surface area contributed by atoms with Gasteiger partial charge in [0.05, 0.1) is 0 Å². The molecule has 2 amide bonds. The van der Waals surface area contributed by atoms with E-state index < -0.39 is 0 Å². The third kappa shape index (κ3) is 6.89. The smallest absolute Gasteiger partial charge is 0.317 e. The number of urea groups is 1. The number of ether oxygens (including phenoxy) is 1. The fourth-order valence-electron chi connectivity index (χ4n) is 2.53. The maximum absolute atomic E-state index is 12.1. The van der Waals surface area contributed by atoms with Crippen molar-refractivity contribution in [1.29, 1.82) is 0 Å². The summed E-state index contributed by atoms with van der Waals surface area (Å²) in [7, 11) is 0. The van der Waals surface area contributed by atoms with Crippen LogP contribution in [0.3, 0.4) is 0 Å². The highest BCUT2D eigenvalue weighted by molar-refractivity contribution is 7.09. The van der Waals surface area contributed by atoms with E-state index in [4.69, 9.17) is 4.74 Å². The van der Waals surface area contributed by atoms with Crippen LogP contribution in [-0.4, -0.2) is 61.8 Å². The van der Waals surface area contributed by atoms with E-state index in [1.807, 2.05) is 4.90 Å². The van der Waals surface area contributed by atoms with Crippen LogP contribution in [0.25, 0.3) is 0 Å². The van der Waals surface area contributed by atoms with Crippen LogP contribution in [0, 0.1) is 5.92 Å². The molecule has 1 aromatic heterocycles. The van der Waals surface area contributed by atoms with Gasteiger partial charge in [-0.15, -0.1) is 11.3 Å². The first-order valence-electron chi connectivity index (χ1n) is 8.50. The molecule has 1 aliphatic rings. The van der Waals surface area contributed by atoms with E-state index >= 15 is 0 Å². The quantitative estimate of drug-likeness (QED) is 0.741. The molecular weight excluding hydrogens is 310 g/mol. The van der Waals surface area contributed by atoms with Crippen molar-refractivity contribution >= 4 is 17.4 Å². The minimum atomic E-state index is 0.0598. The predicted molar refractivity (Wildman–Crippen MR) is 94.8 cm³/mol. The van der Waals surface area contributed by atoms with Crippen LogP contribution in [0.5, 0.6) is 0 Å². The summed E-state index contributed by atoms with van der Waals surface area (Å²) < 4.78 is 5.52. The second-order valence-electron chi connectivity index (χ2n) is 6.40. The molecule has 130 valence electrons. The summed E-state index contributed by atoms with van der Waals surface area (Å²) in [5.74, 6) is 0.565. The Bertz CT molecular complexity index is 443. The van der Waals surface area contributed by atoms with Gasteiger partial charge in [-0.1, -0.05) is 19.9 Å². The Kier molecular flexibility index (Phi) is 7.85. The van der Waals surface area contributed by atoms with Crippen LogP contribution in [0.15, 0.2) is 17.5 Å². The van der Waals surface area contributed by atoms with Gasteiger partial charge >= 0.3 is 6.03 Å². The molecule has 2 rings (SSSR count). The van der Waals surface area contributed by atoms with Gasteiger partial charge in [0.25, 0.3) is 0 Å². The summed E-state index contributed by atoms with van der Waals surface area (Å²) >= 11 is 1.80. The third-order valence-corrected chi connectivity index (χ3v) is 4.67. The van der Waals surface area contributed by atoms with Crippen molar-refractivity contribution in [1.82, 2.24) is 15.1 Å². The average molecular weight is 340 g/mol. The first-order valence-corrected chi connectivity index (χ1v) is 9.38. The number of thiophene rings is 1. The van der Waals surface area contributed by atoms with Crippen LogP contribution in [0.2, 0.25) is 0 Å². The van der Waals surface area contributed by atoms with E-state index in [1.54, 1.807) is 11.3 Å². The molecule has 1 aliphatic heterocycles. The Morgan fingerprint density at radius 2 is 2.13 bits per heavy atom. The minimum absolute atomic E-state index is 0.0598. The topological polar surface area (TPSA) is 44.8 Å². The maximum atomic E-state index is 12.1. The fraction of sp³-hybridized carbons (Fsp3) is 0.706. The van der Waals surface area contributed by atoms with E-state index in [0.717, 1.165) is 45.8 Å². The van der Waals surface area contributed by atoms with E-state index in [9.17, 15) is 4.79 Å². The van der Waals surface area contributed by atoms with Crippen LogP contribution in [-0.2, 0) is 11.3 Å². The number of piperazine rings is 1. The number of carbonyl (C=O) groups is 1. The second kappa shape index (κ2) is 9.90. The molecule has 2 heterocycles. The summed E-state index contributed by atoms with van der Waals surface area (Å²) in [6.45, 7) is 11.0. The molecule has 0 atom stereocenters. The summed E-state index contributed by atoms with van der Waals surface area (Å²) in [6.07, 6.45) is 0.872. The largest absolute Gasteiger partial charge is 0.381 e. The van der Waals surface area contributed by atoms with Crippen LogP contribution >= 0.6 is 11.3 Å². The van der Waals surface area contributed by atoms with Gasteiger partial charge in [-0.3, -0.25) is 4.90 Å². The van der Waals surface area contributed by atoms with Crippen LogP contribution in [0.1, 0.15) is 25.1 Å². The number of nitrogens with one attached hydrogen (secondary N) is 1. The van der Waals surface area contributed by atoms with Crippen molar-refractivity contribution in [2.45, 2.75) is 26.8 Å². The lowest BCUT2D eigenvalue weighted by atomic mass is 10.2. The molecule has 0 saturated carbocycles. The molecule has 1 saturated heterocycles. The van der Waals surface area contributed by atoms with Gasteiger partial charge in [-0.05, 0) is 23.8 Å². The number of amides is 2. The van der Waals surface area contributed by atoms with Crippen molar-refractivity contribution in [2.75, 3.05) is 45.9 Å². The Hall–Kier alpha value is -1.11. The van der Waals surface area contributed by atoms with Crippen molar-refractivity contribution in [3.63, 3.8) is 0 Å². The van der Waals surface area contributed by atoms with Crippen LogP contribution < -0.4 is 5.32 Å². The van der Waals surface area contributed by atoms with Gasteiger partial charge in [-0.2, -0.15) is 0 Å². The normalized spacial score (nSPS) is 16.0. The van der Waals surface area contributed by atoms with E-state index in [-0.39, 0.29) is 6.03 Å². The Morgan fingerprint density at radius 1 is 1.35 bits per heavy atom. The van der Waals surface area contributed by atoms with Crippen molar-refractivity contribution in [2.24, 2.45) is 5.92 Å². The maximum Gasteiger partial charge on any atom is 0.317 e. The molecule has 0 bridgehead atoms. The van der Waals surface area contributed by atoms with Gasteiger partial charge in [0, 0.05) is 57.4 Å². The molecule has 1 N–H and O–H groups in total. The van der Waals surface area contributed by atoms with Crippen molar-refractivity contribution in [3.8, 4) is 0 Å². The Labute approximate surface area is 143 Å². The average Bonchev–Trinajstić information content (AvgIpc) is 3.04. The zero-order chi connectivity index (χ0) is 16.5. The van der Waals surface area contributed by atoms with Gasteiger partial charge in [0.1, 0.15) is 0 Å². The number of nitrogens with zero attached hydrogens (tertiary/aromatic N) is 2. The number of rotatable bonds is 8. The highest BCUT2D eigenvalue weighted by Crippen LogP contribution is 2.13. The van der Waals surface area contributed by atoms with E-state index in [2.05, 4.69) is 41.6 Å². The highest BCUT2D eigenvalue weighted by Gasteiger charge is 2.20. The summed E-state index contributed by atoms with van der Waals surface area (Å²) in [5, 5.41) is 5.11. The zero-order valence-corrected chi connectivity index (χ0v) is 15.1. The van der Waals surface area contributed by atoms with Crippen molar-refractivity contribution in [3.05, 3.63) is 22.4 Å². The highest BCUT2D eigenvalue weighted by atomic mass is 32.1. The van der Waals surface area contributed by atoms with E-state index in [0.29, 0.717) is 19.1 Å². The standard InChI is InChI=1S/C17H29N3O2S/c1-15(2)14-22-11-4-6-18-17(21)20-9-7-19(8-10-20)13-16-5-3-12-23-16/h3,5,12,15H,4,6-11,13-14H2,1-2H3,(H,18,21). The van der Waals surface area contributed by atoms with Gasteiger partial charge in [-0.25, -0.2) is 4.79 Å². The lowest BCUT2D eigenvalue weighted by Gasteiger charge is -2.34. The SMILES string of the molecule is CC(C)COCCCNC(=O)N1CCN(Cc2cccs2)CC1. The minimum Gasteiger partial charge on any atom is -0.381 e. The van der Waals surface area contributed by atoms with Gasteiger partial charge in [0.15, 0.2) is 0 Å². The molecule has 0 spiro atoms. The molecule has 6 heteroatoms. The molecule has 0 aromatic carbocycles. The number of carbonyl (C=O) groups excluding carboxylic acids is 1. The first kappa shape index (κ1) is 18.2. The third-order valence-electron chi connectivity index (χ3n) is 3.81. The fourth-order valence-corrected chi connectivity index (χ4v) is 3.28. The monoisotopic (exact) mass is 339 g/mol. The van der Waals surface area contributed by atoms with Crippen molar-refractivity contribution < 1.29 is 9.53 Å². The number of hydrogen-bond acceptors (Lipinski definition) is 4. The molecule has 0 radical (unpaired) electrons. The molecule has 23 heavy (non-hydrogen) atoms. The lowest BCUT2D eigenvalue weighted by Crippen LogP contribution is -2.51. The molecule has 0 aliphatic carbocycles. The summed E-state index contributed by atoms with van der Waals surface area (Å²) in [4.78, 5) is 17.8. The van der Waals surface area contributed by atoms with Gasteiger partial charge in [0.2, 0.25) is 0 Å². The van der Waals surface area contributed by atoms with Gasteiger partial charge < -0.3 is 15.0 Å². The molecular formula is C17H29N3O2S.